The van der Waals surface area contributed by atoms with Gasteiger partial charge in [0.25, 0.3) is 5.91 Å². The van der Waals surface area contributed by atoms with Crippen LogP contribution in [0.3, 0.4) is 0 Å². The highest BCUT2D eigenvalue weighted by Crippen LogP contribution is 2.32. The number of rotatable bonds is 3. The molecule has 0 fully saturated rings. The fourth-order valence-electron chi connectivity index (χ4n) is 2.90. The van der Waals surface area contributed by atoms with Crippen molar-refractivity contribution in [1.29, 1.82) is 0 Å². The molecule has 25 heavy (non-hydrogen) atoms. The number of hydrogen-bond donors (Lipinski definition) is 0. The predicted octanol–water partition coefficient (Wildman–Crippen LogP) is 4.27. The number of ether oxygens (including phenoxy) is 1. The van der Waals surface area contributed by atoms with E-state index in [0.29, 0.717) is 0 Å². The van der Waals surface area contributed by atoms with Crippen molar-refractivity contribution in [3.63, 3.8) is 0 Å². The van der Waals surface area contributed by atoms with E-state index in [4.69, 9.17) is 27.9 Å². The molecular formula is C18H14Cl2FNO3. The number of amides is 1. The third kappa shape index (κ3) is 3.48. The first-order valence-corrected chi connectivity index (χ1v) is 8.35. The average molecular weight is 382 g/mol. The second kappa shape index (κ2) is 7.02. The Morgan fingerprint density at radius 1 is 1.24 bits per heavy atom. The summed E-state index contributed by atoms with van der Waals surface area (Å²) in [7, 11) is 0. The number of hydrogen-bond acceptors (Lipinski definition) is 3. The molecule has 2 aromatic rings. The summed E-state index contributed by atoms with van der Waals surface area (Å²) in [5.41, 5.74) is 1.70. The molecule has 0 bridgehead atoms. The lowest BCUT2D eigenvalue weighted by Crippen LogP contribution is -2.38. The van der Waals surface area contributed by atoms with Crippen LogP contribution in [-0.4, -0.2) is 24.5 Å². The molecule has 0 radical (unpaired) electrons. The third-order valence-corrected chi connectivity index (χ3v) is 4.63. The molecule has 7 heteroatoms. The summed E-state index contributed by atoms with van der Waals surface area (Å²) in [5.74, 6) is -2.02. The Labute approximate surface area is 154 Å². The van der Waals surface area contributed by atoms with Gasteiger partial charge in [-0.15, -0.1) is 0 Å². The van der Waals surface area contributed by atoms with Crippen LogP contribution in [0.1, 0.15) is 22.8 Å². The van der Waals surface area contributed by atoms with E-state index in [1.54, 1.807) is 4.90 Å². The highest BCUT2D eigenvalue weighted by molar-refractivity contribution is 6.36. The lowest BCUT2D eigenvalue weighted by Gasteiger charge is -2.22. The number of carbonyl (C=O) groups is 2. The Balaban J connectivity index is 1.71. The fourth-order valence-corrected chi connectivity index (χ4v) is 3.36. The number of fused-ring (bicyclic) bond motifs is 1. The van der Waals surface area contributed by atoms with Gasteiger partial charge in [0.1, 0.15) is 5.82 Å². The zero-order valence-corrected chi connectivity index (χ0v) is 14.8. The summed E-state index contributed by atoms with van der Waals surface area (Å²) < 4.78 is 18.5. The molecule has 0 saturated heterocycles. The van der Waals surface area contributed by atoms with Gasteiger partial charge in [0, 0.05) is 11.7 Å². The molecule has 1 atom stereocenters. The SMILES string of the molecule is C[C@@H]1Cc2ccccc2N1C(=O)COC(=O)c1cc(F)c(Cl)cc1Cl. The van der Waals surface area contributed by atoms with Gasteiger partial charge in [-0.05, 0) is 37.1 Å². The number of halogens is 3. The van der Waals surface area contributed by atoms with Gasteiger partial charge in [-0.2, -0.15) is 0 Å². The molecule has 0 unspecified atom stereocenters. The maximum Gasteiger partial charge on any atom is 0.340 e. The largest absolute Gasteiger partial charge is 0.452 e. The normalized spacial score (nSPS) is 15.8. The van der Waals surface area contributed by atoms with E-state index in [0.717, 1.165) is 29.8 Å². The number of para-hydroxylation sites is 1. The minimum absolute atomic E-state index is 0.0276. The quantitative estimate of drug-likeness (QED) is 0.589. The van der Waals surface area contributed by atoms with Crippen molar-refractivity contribution < 1.29 is 18.7 Å². The molecule has 0 saturated carbocycles. The minimum atomic E-state index is -0.881. The van der Waals surface area contributed by atoms with Gasteiger partial charge >= 0.3 is 5.97 Å². The number of nitrogens with zero attached hydrogens (tertiary/aromatic N) is 1. The molecular weight excluding hydrogens is 368 g/mol. The topological polar surface area (TPSA) is 46.6 Å². The summed E-state index contributed by atoms with van der Waals surface area (Å²) in [5, 5.41) is -0.233. The molecule has 1 heterocycles. The van der Waals surface area contributed by atoms with Gasteiger partial charge < -0.3 is 9.64 Å². The molecule has 1 aliphatic rings. The summed E-state index contributed by atoms with van der Waals surface area (Å²) in [4.78, 5) is 26.2. The van der Waals surface area contributed by atoms with Crippen molar-refractivity contribution in [2.24, 2.45) is 0 Å². The molecule has 0 spiro atoms. The van der Waals surface area contributed by atoms with Crippen LogP contribution in [0.4, 0.5) is 10.1 Å². The summed E-state index contributed by atoms with van der Waals surface area (Å²) in [6.07, 6.45) is 0.740. The van der Waals surface area contributed by atoms with Gasteiger partial charge in [-0.1, -0.05) is 41.4 Å². The lowest BCUT2D eigenvalue weighted by atomic mass is 10.1. The van der Waals surface area contributed by atoms with E-state index in [1.807, 2.05) is 31.2 Å². The van der Waals surface area contributed by atoms with Crippen molar-refractivity contribution in [2.45, 2.75) is 19.4 Å². The Bertz CT molecular complexity index is 856. The molecule has 2 aromatic carbocycles. The fraction of sp³-hybridized carbons (Fsp3) is 0.222. The van der Waals surface area contributed by atoms with Gasteiger partial charge in [-0.25, -0.2) is 9.18 Å². The number of benzene rings is 2. The first-order valence-electron chi connectivity index (χ1n) is 7.60. The maximum atomic E-state index is 13.5. The maximum absolute atomic E-state index is 13.5. The Morgan fingerprint density at radius 2 is 1.96 bits per heavy atom. The number of anilines is 1. The van der Waals surface area contributed by atoms with Crippen molar-refractivity contribution >= 4 is 40.8 Å². The van der Waals surface area contributed by atoms with Crippen LogP contribution in [0.15, 0.2) is 36.4 Å². The van der Waals surface area contributed by atoms with Gasteiger partial charge in [0.15, 0.2) is 6.61 Å². The Morgan fingerprint density at radius 3 is 2.72 bits per heavy atom. The molecule has 130 valence electrons. The van der Waals surface area contributed by atoms with Crippen LogP contribution in [0.5, 0.6) is 0 Å². The number of carbonyl (C=O) groups excluding carboxylic acids is 2. The molecule has 0 N–H and O–H groups in total. The highest BCUT2D eigenvalue weighted by Gasteiger charge is 2.31. The molecule has 1 amide bonds. The van der Waals surface area contributed by atoms with Crippen molar-refractivity contribution in [3.05, 3.63) is 63.4 Å². The van der Waals surface area contributed by atoms with Gasteiger partial charge in [0.05, 0.1) is 15.6 Å². The van der Waals surface area contributed by atoms with Crippen LogP contribution < -0.4 is 4.90 Å². The van der Waals surface area contributed by atoms with Crippen LogP contribution in [0.25, 0.3) is 0 Å². The van der Waals surface area contributed by atoms with Crippen LogP contribution in [0, 0.1) is 5.82 Å². The van der Waals surface area contributed by atoms with Crippen molar-refractivity contribution in [1.82, 2.24) is 0 Å². The molecule has 0 aliphatic carbocycles. The van der Waals surface area contributed by atoms with Crippen molar-refractivity contribution in [3.8, 4) is 0 Å². The lowest BCUT2D eigenvalue weighted by molar-refractivity contribution is -0.122. The molecule has 1 aliphatic heterocycles. The van der Waals surface area contributed by atoms with Crippen LogP contribution in [-0.2, 0) is 16.0 Å². The Kier molecular flexibility index (Phi) is 4.97. The van der Waals surface area contributed by atoms with Crippen LogP contribution in [0.2, 0.25) is 10.0 Å². The first-order chi connectivity index (χ1) is 11.9. The second-order valence-electron chi connectivity index (χ2n) is 5.77. The van der Waals surface area contributed by atoms with Gasteiger partial charge in [-0.3, -0.25) is 4.79 Å². The number of esters is 1. The van der Waals surface area contributed by atoms with E-state index in [1.165, 1.54) is 0 Å². The third-order valence-electron chi connectivity index (χ3n) is 4.03. The summed E-state index contributed by atoms with van der Waals surface area (Å²) in [6.45, 7) is 1.46. The average Bonchev–Trinajstić information content (AvgIpc) is 2.91. The predicted molar refractivity (Wildman–Crippen MR) is 93.8 cm³/mol. The van der Waals surface area contributed by atoms with E-state index < -0.39 is 18.4 Å². The summed E-state index contributed by atoms with van der Waals surface area (Å²) >= 11 is 11.5. The standard InChI is InChI=1S/C18H14Cl2FNO3/c1-10-6-11-4-2-3-5-16(11)22(10)17(23)9-25-18(24)12-7-15(21)14(20)8-13(12)19/h2-5,7-8,10H,6,9H2,1H3/t10-/m1/s1. The first kappa shape index (κ1) is 17.7. The Hall–Kier alpha value is -2.11. The molecule has 0 aromatic heterocycles. The van der Waals surface area contributed by atoms with Gasteiger partial charge in [0.2, 0.25) is 0 Å². The zero-order valence-electron chi connectivity index (χ0n) is 13.3. The van der Waals surface area contributed by atoms with E-state index in [9.17, 15) is 14.0 Å². The molecule has 3 rings (SSSR count). The van der Waals surface area contributed by atoms with E-state index in [-0.39, 0.29) is 27.6 Å². The monoisotopic (exact) mass is 381 g/mol. The van der Waals surface area contributed by atoms with E-state index >= 15 is 0 Å². The highest BCUT2D eigenvalue weighted by atomic mass is 35.5. The van der Waals surface area contributed by atoms with Crippen LogP contribution >= 0.6 is 23.2 Å². The smallest absolute Gasteiger partial charge is 0.340 e. The second-order valence-corrected chi connectivity index (χ2v) is 6.58. The van der Waals surface area contributed by atoms with Crippen molar-refractivity contribution in [2.75, 3.05) is 11.5 Å². The van der Waals surface area contributed by atoms with E-state index in [2.05, 4.69) is 0 Å². The minimum Gasteiger partial charge on any atom is -0.452 e. The zero-order chi connectivity index (χ0) is 18.1. The molecule has 4 nitrogen and oxygen atoms in total. The summed E-state index contributed by atoms with van der Waals surface area (Å²) in [6, 6.07) is 9.56.